The van der Waals surface area contributed by atoms with E-state index in [0.717, 1.165) is 34.1 Å². The van der Waals surface area contributed by atoms with Crippen LogP contribution in [0.15, 0.2) is 449 Å². The second-order valence-corrected chi connectivity index (χ2v) is 37.4. The molecule has 2 heteroatoms. The van der Waals surface area contributed by atoms with Gasteiger partial charge in [0.2, 0.25) is 0 Å². The fraction of sp³-hybridized carbons (Fsp3) is 0.0551. The van der Waals surface area contributed by atoms with Gasteiger partial charge in [0, 0.05) is 39.4 Å². The average molecular weight is 1630 g/mol. The predicted octanol–water partition coefficient (Wildman–Crippen LogP) is 31.6. The molecule has 9 aliphatic carbocycles. The van der Waals surface area contributed by atoms with Gasteiger partial charge in [-0.2, -0.15) is 0 Å². The Kier molecular flexibility index (Phi) is 14.2. The molecule has 0 radical (unpaired) electrons. The van der Waals surface area contributed by atoms with Gasteiger partial charge in [-0.25, -0.2) is 0 Å². The maximum Gasteiger partial charge on any atom is 0.0726 e. The van der Waals surface area contributed by atoms with Crippen molar-refractivity contribution < 1.29 is 0 Å². The van der Waals surface area contributed by atoms with Crippen molar-refractivity contribution in [3.05, 3.63) is 549 Å². The van der Waals surface area contributed by atoms with E-state index < -0.39 is 27.1 Å². The summed E-state index contributed by atoms with van der Waals surface area (Å²) in [5.41, 5.74) is 55.7. The fourth-order valence-corrected chi connectivity index (χ4v) is 26.6. The number of anilines is 6. The van der Waals surface area contributed by atoms with Crippen molar-refractivity contribution in [3.63, 3.8) is 0 Å². The topological polar surface area (TPSA) is 6.48 Å². The number of fused-ring (bicyclic) bond motifs is 43. The zero-order chi connectivity index (χ0) is 84.5. The van der Waals surface area contributed by atoms with E-state index in [1.165, 1.54) is 223 Å². The van der Waals surface area contributed by atoms with E-state index >= 15 is 0 Å². The second-order valence-electron chi connectivity index (χ2n) is 37.4. The van der Waals surface area contributed by atoms with E-state index in [1.54, 1.807) is 0 Å². The first-order valence-corrected chi connectivity index (χ1v) is 45.6. The standard InChI is InChI=1S/C127H80N2/c1-123(2)116-53-28-54-121(129(83-64-70-114-102(74-83)95-40-15-26-51-112(95)124(114)103-42-17-6-31-86(103)87-32-7-18-43-104(87)124)85-62-68-99-94-39-14-24-49-110(94)126(120(99)76-85)107-46-21-10-35-90(107)91-36-11-22-47-108(91)126)122(116)100-66-58-79(71-117(100)123)80-57-65-97-92-37-12-25-50-111(92)127(118(97)72-80)113-52-27-16-41-96(113)101-73-82(63-69-115(101)127)128(81-59-55-78(56-60-81)77-29-4-3-5-30-77)84-61-67-98-93-38-13-23-48-109(93)125(119(98)75-84)105-44-19-8-33-88(105)89-34-9-20-45-106(89)125/h3-76H,1-2H3. The van der Waals surface area contributed by atoms with Gasteiger partial charge in [0.05, 0.1) is 27.3 Å². The van der Waals surface area contributed by atoms with Crippen molar-refractivity contribution in [3.8, 4) is 122 Å². The summed E-state index contributed by atoms with van der Waals surface area (Å²) in [7, 11) is 0. The molecule has 0 aliphatic heterocycles. The maximum absolute atomic E-state index is 2.64. The maximum atomic E-state index is 2.64. The summed E-state index contributed by atoms with van der Waals surface area (Å²) < 4.78 is 0. The Morgan fingerprint density at radius 3 is 0.760 bits per heavy atom. The highest BCUT2D eigenvalue weighted by molar-refractivity contribution is 6.05. The van der Waals surface area contributed by atoms with Crippen LogP contribution >= 0.6 is 0 Å². The first-order valence-electron chi connectivity index (χ1n) is 45.6. The molecular formula is C127H80N2. The minimum absolute atomic E-state index is 0.400. The molecule has 0 aromatic heterocycles. The summed E-state index contributed by atoms with van der Waals surface area (Å²) in [4.78, 5) is 5.17. The van der Waals surface area contributed by atoms with Gasteiger partial charge in [0.25, 0.3) is 0 Å². The predicted molar refractivity (Wildman–Crippen MR) is 529 cm³/mol. The van der Waals surface area contributed by atoms with Crippen LogP contribution in [0.2, 0.25) is 0 Å². The molecule has 9 aliphatic rings. The molecular weight excluding hydrogens is 1550 g/mol. The van der Waals surface area contributed by atoms with Crippen LogP contribution in [0.25, 0.3) is 122 Å². The molecule has 0 N–H and O–H groups in total. The summed E-state index contributed by atoms with van der Waals surface area (Å²) >= 11 is 0. The Hall–Kier alpha value is -16.0. The summed E-state index contributed by atoms with van der Waals surface area (Å²) in [6, 6.07) is 173. The third-order valence-electron chi connectivity index (χ3n) is 31.5. The van der Waals surface area contributed by atoms with Gasteiger partial charge in [0.1, 0.15) is 0 Å². The van der Waals surface area contributed by atoms with Crippen LogP contribution in [-0.4, -0.2) is 0 Å². The zero-order valence-electron chi connectivity index (χ0n) is 71.1. The smallest absolute Gasteiger partial charge is 0.0726 e. The Morgan fingerprint density at radius 1 is 0.140 bits per heavy atom. The van der Waals surface area contributed by atoms with Crippen LogP contribution in [0.3, 0.4) is 0 Å². The van der Waals surface area contributed by atoms with Crippen molar-refractivity contribution in [1.29, 1.82) is 0 Å². The van der Waals surface area contributed by atoms with E-state index in [2.05, 4.69) is 473 Å². The largest absolute Gasteiger partial charge is 0.310 e. The molecule has 0 bridgehead atoms. The van der Waals surface area contributed by atoms with E-state index in [9.17, 15) is 0 Å². The summed E-state index contributed by atoms with van der Waals surface area (Å²) in [5.74, 6) is 0. The summed E-state index contributed by atoms with van der Waals surface area (Å²) in [5, 5.41) is 0. The van der Waals surface area contributed by atoms with E-state index in [1.807, 2.05) is 0 Å². The van der Waals surface area contributed by atoms with Crippen LogP contribution in [0.5, 0.6) is 0 Å². The number of benzene rings is 20. The highest BCUT2D eigenvalue weighted by Gasteiger charge is 2.57. The normalized spacial score (nSPS) is 15.8. The molecule has 20 aromatic carbocycles. The number of nitrogens with zero attached hydrogens (tertiary/aromatic N) is 2. The first kappa shape index (κ1) is 71.3. The van der Waals surface area contributed by atoms with Gasteiger partial charge in [-0.15, -0.1) is 0 Å². The Bertz CT molecular complexity index is 8210. The highest BCUT2D eigenvalue weighted by atomic mass is 15.2. The quantitative estimate of drug-likeness (QED) is 0.150. The van der Waals surface area contributed by atoms with Gasteiger partial charge in [-0.1, -0.05) is 384 Å². The molecule has 4 spiro atoms. The molecule has 0 fully saturated rings. The lowest BCUT2D eigenvalue weighted by Gasteiger charge is -2.33. The van der Waals surface area contributed by atoms with Crippen molar-refractivity contribution in [2.24, 2.45) is 0 Å². The Morgan fingerprint density at radius 2 is 0.380 bits per heavy atom. The molecule has 1 unspecified atom stereocenters. The molecule has 1 atom stereocenters. The van der Waals surface area contributed by atoms with Crippen LogP contribution in [0.1, 0.15) is 114 Å². The van der Waals surface area contributed by atoms with Crippen molar-refractivity contribution in [2.75, 3.05) is 9.80 Å². The third kappa shape index (κ3) is 8.86. The summed E-state index contributed by atoms with van der Waals surface area (Å²) in [6.07, 6.45) is 0. The van der Waals surface area contributed by atoms with Gasteiger partial charge in [-0.3, -0.25) is 0 Å². The molecule has 129 heavy (non-hydrogen) atoms. The van der Waals surface area contributed by atoms with Crippen LogP contribution in [0, 0.1) is 0 Å². The minimum atomic E-state index is -0.634. The van der Waals surface area contributed by atoms with Gasteiger partial charge in [-0.05, 0) is 296 Å². The first-order chi connectivity index (χ1) is 63.7. The SMILES string of the molecule is CC1(C)c2cc(-c3ccc4c(c3)C3(c5ccccc5-c5cc(N(c6ccc(-c7ccccc7)cc6)c6ccc7c(c6)C6(c8ccccc8-c8ccccc86)c6ccccc6-7)ccc53)c3ccccc3-4)ccc2-c2c(N(c3ccc4c(c3)-c3ccccc3C43c4ccccc4-c4ccccc43)c3ccc4c(c3)C3(c5ccccc5-c5ccccc53)c3ccccc3-4)cccc21. The minimum Gasteiger partial charge on any atom is -0.310 e. The molecule has 0 heterocycles. The lowest BCUT2D eigenvalue weighted by molar-refractivity contribution is 0.660. The Labute approximate surface area is 751 Å². The van der Waals surface area contributed by atoms with Crippen LogP contribution in [-0.2, 0) is 27.1 Å². The molecule has 20 aromatic rings. The van der Waals surface area contributed by atoms with Crippen LogP contribution in [0.4, 0.5) is 34.1 Å². The van der Waals surface area contributed by atoms with Crippen molar-refractivity contribution >= 4 is 34.1 Å². The lowest BCUT2D eigenvalue weighted by atomic mass is 9.70. The molecule has 29 rings (SSSR count). The fourth-order valence-electron chi connectivity index (χ4n) is 26.6. The van der Waals surface area contributed by atoms with Crippen molar-refractivity contribution in [1.82, 2.24) is 0 Å². The van der Waals surface area contributed by atoms with Crippen molar-refractivity contribution in [2.45, 2.75) is 40.9 Å². The van der Waals surface area contributed by atoms with E-state index in [-0.39, 0.29) is 0 Å². The van der Waals surface area contributed by atoms with E-state index in [4.69, 9.17) is 0 Å². The Balaban J connectivity index is 0.596. The van der Waals surface area contributed by atoms with Gasteiger partial charge in [0.15, 0.2) is 0 Å². The molecule has 598 valence electrons. The average Bonchev–Trinajstić information content (AvgIpc) is 1.51. The molecule has 2 nitrogen and oxygen atoms in total. The number of hydrogen-bond donors (Lipinski definition) is 0. The zero-order valence-corrected chi connectivity index (χ0v) is 71.1. The van der Waals surface area contributed by atoms with Crippen LogP contribution < -0.4 is 9.80 Å². The monoisotopic (exact) mass is 1630 g/mol. The van der Waals surface area contributed by atoms with E-state index in [0.29, 0.717) is 0 Å². The number of hydrogen-bond acceptors (Lipinski definition) is 2. The molecule has 0 saturated heterocycles. The second kappa shape index (κ2) is 25.6. The third-order valence-corrected chi connectivity index (χ3v) is 31.5. The van der Waals surface area contributed by atoms with Gasteiger partial charge < -0.3 is 9.80 Å². The number of rotatable bonds is 8. The van der Waals surface area contributed by atoms with Gasteiger partial charge >= 0.3 is 0 Å². The lowest BCUT2D eigenvalue weighted by Crippen LogP contribution is -2.26. The molecule has 0 saturated carbocycles. The highest BCUT2D eigenvalue weighted by Crippen LogP contribution is 2.70. The molecule has 0 amide bonds. The summed E-state index contributed by atoms with van der Waals surface area (Å²) in [6.45, 7) is 4.93.